The second-order valence-electron chi connectivity index (χ2n) is 7.82. The van der Waals surface area contributed by atoms with Crippen LogP contribution in [0.4, 0.5) is 0 Å². The highest BCUT2D eigenvalue weighted by Gasteiger charge is 2.20. The van der Waals surface area contributed by atoms with Crippen molar-refractivity contribution in [3.8, 4) is 28.3 Å². The van der Waals surface area contributed by atoms with Crippen molar-refractivity contribution in [3.05, 3.63) is 59.9 Å². The van der Waals surface area contributed by atoms with Gasteiger partial charge in [0.1, 0.15) is 5.75 Å². The number of carbonyl (C=O) groups is 2. The van der Waals surface area contributed by atoms with E-state index in [1.165, 1.54) is 0 Å². The monoisotopic (exact) mass is 432 g/mol. The smallest absolute Gasteiger partial charge is 0.260 e. The zero-order chi connectivity index (χ0) is 21.9. The van der Waals surface area contributed by atoms with Gasteiger partial charge in [0, 0.05) is 54.8 Å². The summed E-state index contributed by atoms with van der Waals surface area (Å²) < 4.78 is 10.9. The minimum atomic E-state index is -0.0364. The highest BCUT2D eigenvalue weighted by atomic mass is 16.5. The molecule has 8 nitrogen and oxygen atoms in total. The maximum absolute atomic E-state index is 12.2. The topological polar surface area (TPSA) is 96.6 Å². The van der Waals surface area contributed by atoms with E-state index in [9.17, 15) is 9.59 Å². The minimum absolute atomic E-state index is 0.0121. The Morgan fingerprint density at radius 1 is 1.09 bits per heavy atom. The molecule has 5 rings (SSSR count). The fraction of sp³-hybridized carbons (Fsp3) is 0.292. The third kappa shape index (κ3) is 4.22. The second-order valence-corrected chi connectivity index (χ2v) is 7.82. The van der Waals surface area contributed by atoms with Crippen LogP contribution in [0.25, 0.3) is 22.5 Å². The number of ether oxygens (including phenoxy) is 2. The Balaban J connectivity index is 1.27. The average molecular weight is 432 g/mol. The third-order valence-electron chi connectivity index (χ3n) is 5.75. The van der Waals surface area contributed by atoms with E-state index >= 15 is 0 Å². The van der Waals surface area contributed by atoms with Gasteiger partial charge in [0.2, 0.25) is 0 Å². The molecule has 0 unspecified atom stereocenters. The summed E-state index contributed by atoms with van der Waals surface area (Å²) in [5.74, 6) is 0.564. The van der Waals surface area contributed by atoms with Crippen molar-refractivity contribution in [2.24, 2.45) is 0 Å². The minimum Gasteiger partial charge on any atom is -0.484 e. The van der Waals surface area contributed by atoms with Gasteiger partial charge in [-0.1, -0.05) is 0 Å². The molecule has 0 saturated carbocycles. The summed E-state index contributed by atoms with van der Waals surface area (Å²) in [4.78, 5) is 33.9. The number of carbonyl (C=O) groups excluding carboxylic acids is 2. The number of H-pyrrole nitrogens is 1. The highest BCUT2D eigenvalue weighted by molar-refractivity contribution is 5.97. The van der Waals surface area contributed by atoms with Crippen LogP contribution in [-0.2, 0) is 16.0 Å². The first-order valence-electron chi connectivity index (χ1n) is 10.7. The number of fused-ring (bicyclic) bond motifs is 1. The number of amides is 2. The van der Waals surface area contributed by atoms with Crippen LogP contribution < -0.4 is 10.1 Å². The van der Waals surface area contributed by atoms with Gasteiger partial charge in [-0.25, -0.2) is 0 Å². The van der Waals surface area contributed by atoms with E-state index in [-0.39, 0.29) is 18.4 Å². The van der Waals surface area contributed by atoms with E-state index in [0.717, 1.165) is 34.6 Å². The van der Waals surface area contributed by atoms with E-state index in [0.29, 0.717) is 44.2 Å². The molecular weight excluding hydrogens is 408 g/mol. The molecular formula is C24H24N4O4. The van der Waals surface area contributed by atoms with Gasteiger partial charge in [-0.3, -0.25) is 14.6 Å². The number of nitrogens with one attached hydrogen (secondary N) is 2. The van der Waals surface area contributed by atoms with E-state index in [1.807, 2.05) is 42.5 Å². The third-order valence-corrected chi connectivity index (χ3v) is 5.75. The number of hydrogen-bond acceptors (Lipinski definition) is 5. The van der Waals surface area contributed by atoms with Crippen molar-refractivity contribution >= 4 is 11.8 Å². The summed E-state index contributed by atoms with van der Waals surface area (Å²) in [5.41, 5.74) is 5.29. The summed E-state index contributed by atoms with van der Waals surface area (Å²) in [6.07, 6.45) is 2.56. The Hall–Kier alpha value is -3.65. The average Bonchev–Trinajstić information content (AvgIpc) is 3.29. The normalized spacial score (nSPS) is 15.8. The number of aromatic amines is 1. The first-order chi connectivity index (χ1) is 15.7. The standard InChI is InChI=1S/C24H24N4O4/c29-23(28-9-11-31-12-10-28)15-32-18-3-1-16(2-4-18)21-13-17(5-7-25-21)22-14-19-20(27-22)6-8-26-24(19)30/h1-5,7,13-14,27H,6,8-12,15H2,(H,26,30). The second kappa shape index (κ2) is 8.84. The summed E-state index contributed by atoms with van der Waals surface area (Å²) in [5, 5.41) is 2.87. The molecule has 8 heteroatoms. The van der Waals surface area contributed by atoms with Gasteiger partial charge in [-0.15, -0.1) is 0 Å². The van der Waals surface area contributed by atoms with Crippen LogP contribution in [0.5, 0.6) is 5.75 Å². The van der Waals surface area contributed by atoms with Gasteiger partial charge in [-0.05, 0) is 42.5 Å². The lowest BCUT2D eigenvalue weighted by atomic mass is 10.1. The molecule has 3 aromatic rings. The lowest BCUT2D eigenvalue weighted by molar-refractivity contribution is -0.137. The number of aromatic nitrogens is 2. The number of benzene rings is 1. The van der Waals surface area contributed by atoms with Gasteiger partial charge in [0.15, 0.2) is 6.61 Å². The lowest BCUT2D eigenvalue weighted by Gasteiger charge is -2.26. The molecule has 164 valence electrons. The molecule has 0 radical (unpaired) electrons. The number of nitrogens with zero attached hydrogens (tertiary/aromatic N) is 2. The highest BCUT2D eigenvalue weighted by Crippen LogP contribution is 2.28. The summed E-state index contributed by atoms with van der Waals surface area (Å²) >= 11 is 0. The molecule has 0 bridgehead atoms. The van der Waals surface area contributed by atoms with Crippen molar-refractivity contribution in [3.63, 3.8) is 0 Å². The van der Waals surface area contributed by atoms with Crippen molar-refractivity contribution in [2.75, 3.05) is 39.5 Å². The SMILES string of the molecule is O=C1NCCc2[nH]c(-c3ccnc(-c4ccc(OCC(=O)N5CCOCC5)cc4)c3)cc21. The van der Waals surface area contributed by atoms with Gasteiger partial charge < -0.3 is 24.7 Å². The van der Waals surface area contributed by atoms with Gasteiger partial charge in [0.05, 0.1) is 24.5 Å². The van der Waals surface area contributed by atoms with Crippen LogP contribution in [0.2, 0.25) is 0 Å². The number of pyridine rings is 1. The Morgan fingerprint density at radius 2 is 1.91 bits per heavy atom. The Bertz CT molecular complexity index is 1130. The van der Waals surface area contributed by atoms with Crippen LogP contribution in [0.1, 0.15) is 16.1 Å². The van der Waals surface area contributed by atoms with Crippen LogP contribution in [0, 0.1) is 0 Å². The molecule has 2 aliphatic heterocycles. The molecule has 1 aromatic carbocycles. The molecule has 2 aliphatic rings. The predicted molar refractivity (Wildman–Crippen MR) is 118 cm³/mol. The van der Waals surface area contributed by atoms with E-state index in [1.54, 1.807) is 11.1 Å². The number of rotatable bonds is 5. The van der Waals surface area contributed by atoms with Gasteiger partial charge >= 0.3 is 0 Å². The molecule has 0 spiro atoms. The van der Waals surface area contributed by atoms with E-state index in [2.05, 4.69) is 15.3 Å². The Kier molecular flexibility index (Phi) is 5.60. The Morgan fingerprint density at radius 3 is 2.69 bits per heavy atom. The van der Waals surface area contributed by atoms with Crippen LogP contribution in [0.15, 0.2) is 48.7 Å². The lowest BCUT2D eigenvalue weighted by Crippen LogP contribution is -2.42. The fourth-order valence-electron chi connectivity index (χ4n) is 3.98. The van der Waals surface area contributed by atoms with E-state index < -0.39 is 0 Å². The first kappa shape index (κ1) is 20.3. The molecule has 2 amide bonds. The zero-order valence-electron chi connectivity index (χ0n) is 17.6. The Labute approximate surface area is 185 Å². The molecule has 1 saturated heterocycles. The summed E-state index contributed by atoms with van der Waals surface area (Å²) in [7, 11) is 0. The molecule has 4 heterocycles. The molecule has 0 aliphatic carbocycles. The molecule has 32 heavy (non-hydrogen) atoms. The predicted octanol–water partition coefficient (Wildman–Crippen LogP) is 2.27. The van der Waals surface area contributed by atoms with Crippen molar-refractivity contribution in [1.29, 1.82) is 0 Å². The van der Waals surface area contributed by atoms with Crippen molar-refractivity contribution in [2.45, 2.75) is 6.42 Å². The van der Waals surface area contributed by atoms with Crippen LogP contribution in [-0.4, -0.2) is 66.1 Å². The fourth-order valence-corrected chi connectivity index (χ4v) is 3.98. The first-order valence-corrected chi connectivity index (χ1v) is 10.7. The van der Waals surface area contributed by atoms with Crippen LogP contribution >= 0.6 is 0 Å². The quantitative estimate of drug-likeness (QED) is 0.645. The van der Waals surface area contributed by atoms with Crippen molar-refractivity contribution < 1.29 is 19.1 Å². The zero-order valence-corrected chi connectivity index (χ0v) is 17.6. The number of morpholine rings is 1. The van der Waals surface area contributed by atoms with Crippen LogP contribution in [0.3, 0.4) is 0 Å². The summed E-state index contributed by atoms with van der Waals surface area (Å²) in [6, 6.07) is 13.3. The largest absolute Gasteiger partial charge is 0.484 e. The maximum atomic E-state index is 12.2. The molecule has 2 aromatic heterocycles. The van der Waals surface area contributed by atoms with Crippen molar-refractivity contribution in [1.82, 2.24) is 20.2 Å². The maximum Gasteiger partial charge on any atom is 0.260 e. The molecule has 2 N–H and O–H groups in total. The molecule has 0 atom stereocenters. The number of hydrogen-bond donors (Lipinski definition) is 2. The molecule has 1 fully saturated rings. The van der Waals surface area contributed by atoms with Gasteiger partial charge in [0.25, 0.3) is 11.8 Å². The van der Waals surface area contributed by atoms with E-state index in [4.69, 9.17) is 9.47 Å². The summed E-state index contributed by atoms with van der Waals surface area (Å²) in [6.45, 7) is 3.03. The van der Waals surface area contributed by atoms with Gasteiger partial charge in [-0.2, -0.15) is 0 Å².